The second kappa shape index (κ2) is 4.75. The normalized spacial score (nSPS) is 10.1. The predicted octanol–water partition coefficient (Wildman–Crippen LogP) is 2.37. The standard InChI is InChI=1S/C13H11FN2O2/c14-12-6-8(15)4-5-11(12)13(18)16-9-2-1-3-10(17)7-9/h1-7,17H,15H2,(H,16,18). The molecule has 0 aromatic heterocycles. The van der Waals surface area contributed by atoms with Gasteiger partial charge in [-0.3, -0.25) is 4.79 Å². The van der Waals surface area contributed by atoms with Gasteiger partial charge in [0.05, 0.1) is 5.56 Å². The maximum Gasteiger partial charge on any atom is 0.258 e. The molecule has 92 valence electrons. The van der Waals surface area contributed by atoms with E-state index in [-0.39, 0.29) is 17.0 Å². The van der Waals surface area contributed by atoms with Gasteiger partial charge in [0.15, 0.2) is 0 Å². The fourth-order valence-electron chi connectivity index (χ4n) is 1.50. The average Bonchev–Trinajstić information content (AvgIpc) is 2.28. The van der Waals surface area contributed by atoms with E-state index in [1.54, 1.807) is 12.1 Å². The quantitative estimate of drug-likeness (QED) is 0.712. The molecular weight excluding hydrogens is 235 g/mol. The molecule has 0 aliphatic carbocycles. The lowest BCUT2D eigenvalue weighted by Gasteiger charge is -2.06. The number of hydrogen-bond donors (Lipinski definition) is 3. The van der Waals surface area contributed by atoms with Crippen molar-refractivity contribution in [3.05, 3.63) is 53.8 Å². The summed E-state index contributed by atoms with van der Waals surface area (Å²) in [6.07, 6.45) is 0. The van der Waals surface area contributed by atoms with Crippen LogP contribution < -0.4 is 11.1 Å². The molecule has 2 aromatic rings. The SMILES string of the molecule is Nc1ccc(C(=O)Nc2cccc(O)c2)c(F)c1. The first-order valence-electron chi connectivity index (χ1n) is 5.21. The highest BCUT2D eigenvalue weighted by atomic mass is 19.1. The van der Waals surface area contributed by atoms with Crippen LogP contribution in [0.1, 0.15) is 10.4 Å². The number of rotatable bonds is 2. The van der Waals surface area contributed by atoms with Gasteiger partial charge in [-0.15, -0.1) is 0 Å². The van der Waals surface area contributed by atoms with E-state index in [2.05, 4.69) is 5.32 Å². The summed E-state index contributed by atoms with van der Waals surface area (Å²) < 4.78 is 13.5. The van der Waals surface area contributed by atoms with Crippen molar-refractivity contribution in [3.63, 3.8) is 0 Å². The molecule has 0 spiro atoms. The molecule has 4 N–H and O–H groups in total. The number of carbonyl (C=O) groups is 1. The third kappa shape index (κ3) is 2.57. The van der Waals surface area contributed by atoms with Crippen LogP contribution >= 0.6 is 0 Å². The minimum atomic E-state index is -0.687. The molecule has 1 amide bonds. The summed E-state index contributed by atoms with van der Waals surface area (Å²) in [5.41, 5.74) is 5.93. The highest BCUT2D eigenvalue weighted by molar-refractivity contribution is 6.04. The van der Waals surface area contributed by atoms with E-state index in [0.29, 0.717) is 5.69 Å². The predicted molar refractivity (Wildman–Crippen MR) is 66.9 cm³/mol. The van der Waals surface area contributed by atoms with E-state index < -0.39 is 11.7 Å². The molecule has 5 heteroatoms. The van der Waals surface area contributed by atoms with Crippen LogP contribution in [-0.2, 0) is 0 Å². The van der Waals surface area contributed by atoms with Gasteiger partial charge in [0.1, 0.15) is 11.6 Å². The monoisotopic (exact) mass is 246 g/mol. The summed E-state index contributed by atoms with van der Waals surface area (Å²) in [5.74, 6) is -1.27. The molecule has 0 bridgehead atoms. The summed E-state index contributed by atoms with van der Waals surface area (Å²) >= 11 is 0. The van der Waals surface area contributed by atoms with Crippen molar-refractivity contribution >= 4 is 17.3 Å². The number of carbonyl (C=O) groups excluding carboxylic acids is 1. The van der Waals surface area contributed by atoms with Crippen molar-refractivity contribution in [1.29, 1.82) is 0 Å². The summed E-state index contributed by atoms with van der Waals surface area (Å²) in [6, 6.07) is 9.84. The Morgan fingerprint density at radius 3 is 2.67 bits per heavy atom. The first-order valence-corrected chi connectivity index (χ1v) is 5.21. The molecule has 2 aromatic carbocycles. The van der Waals surface area contributed by atoms with E-state index in [0.717, 1.165) is 6.07 Å². The Balaban J connectivity index is 2.22. The van der Waals surface area contributed by atoms with Crippen molar-refractivity contribution in [2.45, 2.75) is 0 Å². The van der Waals surface area contributed by atoms with Crippen LogP contribution in [0.4, 0.5) is 15.8 Å². The Bertz CT molecular complexity index is 599. The van der Waals surface area contributed by atoms with Gasteiger partial charge in [-0.05, 0) is 30.3 Å². The van der Waals surface area contributed by atoms with Crippen LogP contribution in [0, 0.1) is 5.82 Å². The molecule has 0 radical (unpaired) electrons. The Hall–Kier alpha value is -2.56. The Labute approximate surface area is 103 Å². The van der Waals surface area contributed by atoms with Crippen LogP contribution in [0.3, 0.4) is 0 Å². The molecule has 4 nitrogen and oxygen atoms in total. The largest absolute Gasteiger partial charge is 0.508 e. The van der Waals surface area contributed by atoms with Gasteiger partial charge in [-0.2, -0.15) is 0 Å². The number of nitrogens with one attached hydrogen (secondary N) is 1. The number of phenolic OH excluding ortho intramolecular Hbond substituents is 1. The number of hydrogen-bond acceptors (Lipinski definition) is 3. The zero-order chi connectivity index (χ0) is 13.1. The molecule has 2 rings (SSSR count). The number of amides is 1. The van der Waals surface area contributed by atoms with Gasteiger partial charge < -0.3 is 16.2 Å². The van der Waals surface area contributed by atoms with Crippen LogP contribution in [0.25, 0.3) is 0 Å². The van der Waals surface area contributed by atoms with Crippen molar-refractivity contribution < 1.29 is 14.3 Å². The zero-order valence-corrected chi connectivity index (χ0v) is 9.35. The summed E-state index contributed by atoms with van der Waals surface area (Å²) in [4.78, 5) is 11.8. The van der Waals surface area contributed by atoms with Crippen LogP contribution in [0.2, 0.25) is 0 Å². The van der Waals surface area contributed by atoms with Gasteiger partial charge in [0.2, 0.25) is 0 Å². The maximum absolute atomic E-state index is 13.5. The van der Waals surface area contributed by atoms with E-state index >= 15 is 0 Å². The van der Waals surface area contributed by atoms with Crippen LogP contribution in [0.15, 0.2) is 42.5 Å². The molecular formula is C13H11FN2O2. The molecule has 0 saturated heterocycles. The van der Waals surface area contributed by atoms with Crippen molar-refractivity contribution in [3.8, 4) is 5.75 Å². The van der Waals surface area contributed by atoms with Gasteiger partial charge in [0, 0.05) is 17.4 Å². The first kappa shape index (κ1) is 11.9. The van der Waals surface area contributed by atoms with Crippen LogP contribution in [-0.4, -0.2) is 11.0 Å². The lowest BCUT2D eigenvalue weighted by Crippen LogP contribution is -2.13. The number of benzene rings is 2. The van der Waals surface area contributed by atoms with Gasteiger partial charge in [-0.25, -0.2) is 4.39 Å². The number of phenols is 1. The topological polar surface area (TPSA) is 75.4 Å². The van der Waals surface area contributed by atoms with Crippen molar-refractivity contribution in [1.82, 2.24) is 0 Å². The van der Waals surface area contributed by atoms with E-state index in [9.17, 15) is 14.3 Å². The smallest absolute Gasteiger partial charge is 0.258 e. The minimum absolute atomic E-state index is 0.0191. The second-order valence-corrected chi connectivity index (χ2v) is 3.74. The van der Waals surface area contributed by atoms with Gasteiger partial charge in [-0.1, -0.05) is 6.07 Å². The molecule has 0 aliphatic rings. The minimum Gasteiger partial charge on any atom is -0.508 e. The maximum atomic E-state index is 13.5. The average molecular weight is 246 g/mol. The number of aromatic hydroxyl groups is 1. The highest BCUT2D eigenvalue weighted by Crippen LogP contribution is 2.18. The molecule has 0 atom stereocenters. The third-order valence-corrected chi connectivity index (χ3v) is 2.34. The first-order chi connectivity index (χ1) is 8.56. The van der Waals surface area contributed by atoms with Crippen molar-refractivity contribution in [2.75, 3.05) is 11.1 Å². The molecule has 0 saturated carbocycles. The van der Waals surface area contributed by atoms with E-state index in [1.165, 1.54) is 24.3 Å². The fraction of sp³-hybridized carbons (Fsp3) is 0. The van der Waals surface area contributed by atoms with Crippen LogP contribution in [0.5, 0.6) is 5.75 Å². The summed E-state index contributed by atoms with van der Waals surface area (Å²) in [7, 11) is 0. The van der Waals surface area contributed by atoms with E-state index in [4.69, 9.17) is 5.73 Å². The molecule has 0 unspecified atom stereocenters. The Morgan fingerprint density at radius 2 is 2.00 bits per heavy atom. The second-order valence-electron chi connectivity index (χ2n) is 3.74. The molecule has 0 heterocycles. The zero-order valence-electron chi connectivity index (χ0n) is 9.35. The molecule has 18 heavy (non-hydrogen) atoms. The summed E-state index contributed by atoms with van der Waals surface area (Å²) in [5, 5.41) is 11.7. The van der Waals surface area contributed by atoms with Gasteiger partial charge in [0.25, 0.3) is 5.91 Å². The number of anilines is 2. The number of nitrogens with two attached hydrogens (primary N) is 1. The lowest BCUT2D eigenvalue weighted by atomic mass is 10.1. The third-order valence-electron chi connectivity index (χ3n) is 2.34. The lowest BCUT2D eigenvalue weighted by molar-refractivity contribution is 0.102. The Kier molecular flexibility index (Phi) is 3.14. The number of halogens is 1. The molecule has 0 aliphatic heterocycles. The highest BCUT2D eigenvalue weighted by Gasteiger charge is 2.12. The van der Waals surface area contributed by atoms with Crippen molar-refractivity contribution in [2.24, 2.45) is 0 Å². The Morgan fingerprint density at radius 1 is 1.22 bits per heavy atom. The molecule has 0 fully saturated rings. The fourth-order valence-corrected chi connectivity index (χ4v) is 1.50. The summed E-state index contributed by atoms with van der Waals surface area (Å²) in [6.45, 7) is 0. The van der Waals surface area contributed by atoms with Gasteiger partial charge >= 0.3 is 0 Å². The number of nitrogen functional groups attached to an aromatic ring is 1. The van der Waals surface area contributed by atoms with E-state index in [1.807, 2.05) is 0 Å².